The predicted octanol–water partition coefficient (Wildman–Crippen LogP) is 3.44. The molecule has 1 aliphatic heterocycles. The molecule has 0 unspecified atom stereocenters. The molecule has 0 spiro atoms. The third-order valence-corrected chi connectivity index (χ3v) is 13.8. The van der Waals surface area contributed by atoms with Crippen LogP contribution in [0.4, 0.5) is 0 Å². The lowest BCUT2D eigenvalue weighted by molar-refractivity contribution is 0.998. The standard InChI is InChI=1S/C9H20Si2/c1-9-10(2,3)7-6-8-11(9,4)5/h1,6-8H2,2-5H3. The highest BCUT2D eigenvalue weighted by Gasteiger charge is 2.39. The van der Waals surface area contributed by atoms with Crippen LogP contribution in [0.15, 0.2) is 11.4 Å². The van der Waals surface area contributed by atoms with Crippen LogP contribution < -0.4 is 0 Å². The molecule has 0 radical (unpaired) electrons. The first-order valence-corrected chi connectivity index (χ1v) is 11.0. The van der Waals surface area contributed by atoms with Gasteiger partial charge in [-0.05, 0) is 0 Å². The molecule has 0 nitrogen and oxygen atoms in total. The first kappa shape index (κ1) is 9.26. The second kappa shape index (κ2) is 2.59. The maximum Gasteiger partial charge on any atom is 0.0704 e. The van der Waals surface area contributed by atoms with Crippen molar-refractivity contribution in [2.24, 2.45) is 0 Å². The topological polar surface area (TPSA) is 0 Å². The quantitative estimate of drug-likeness (QED) is 0.506. The summed E-state index contributed by atoms with van der Waals surface area (Å²) < 4.78 is 0. The number of rotatable bonds is 0. The second-order valence-corrected chi connectivity index (χ2v) is 15.3. The zero-order valence-corrected chi connectivity index (χ0v) is 10.3. The van der Waals surface area contributed by atoms with Crippen molar-refractivity contribution in [3.05, 3.63) is 11.4 Å². The van der Waals surface area contributed by atoms with Crippen LogP contribution in [0.3, 0.4) is 0 Å². The van der Waals surface area contributed by atoms with E-state index in [0.717, 1.165) is 0 Å². The molecule has 1 rings (SSSR count). The lowest BCUT2D eigenvalue weighted by atomic mass is 10.6. The van der Waals surface area contributed by atoms with E-state index in [2.05, 4.69) is 32.8 Å². The summed E-state index contributed by atoms with van der Waals surface area (Å²) >= 11 is 0. The van der Waals surface area contributed by atoms with Crippen LogP contribution in [0.5, 0.6) is 0 Å². The van der Waals surface area contributed by atoms with E-state index in [9.17, 15) is 0 Å². The second-order valence-electron chi connectivity index (χ2n) is 5.10. The van der Waals surface area contributed by atoms with E-state index in [1.807, 2.05) is 0 Å². The molecule has 0 atom stereocenters. The van der Waals surface area contributed by atoms with Gasteiger partial charge in [0.1, 0.15) is 0 Å². The molecule has 1 heterocycles. The predicted molar refractivity (Wildman–Crippen MR) is 58.3 cm³/mol. The summed E-state index contributed by atoms with van der Waals surface area (Å²) in [4.78, 5) is 1.72. The van der Waals surface area contributed by atoms with Crippen molar-refractivity contribution < 1.29 is 0 Å². The summed E-state index contributed by atoms with van der Waals surface area (Å²) in [6, 6.07) is 2.98. The van der Waals surface area contributed by atoms with Crippen molar-refractivity contribution in [2.45, 2.75) is 44.7 Å². The average molecular weight is 184 g/mol. The Morgan fingerprint density at radius 1 is 1.00 bits per heavy atom. The Balaban J connectivity index is 2.85. The molecule has 0 aromatic rings. The minimum Gasteiger partial charge on any atom is -0.108 e. The molecular weight excluding hydrogens is 164 g/mol. The minimum absolute atomic E-state index is 0.962. The molecule has 1 saturated heterocycles. The molecular formula is C9H20Si2. The van der Waals surface area contributed by atoms with Crippen molar-refractivity contribution in [3.63, 3.8) is 0 Å². The van der Waals surface area contributed by atoms with Crippen LogP contribution in [0.1, 0.15) is 6.42 Å². The molecule has 0 amide bonds. The fraction of sp³-hybridized carbons (Fsp3) is 0.778. The van der Waals surface area contributed by atoms with Gasteiger partial charge in [-0.1, -0.05) is 49.5 Å². The summed E-state index contributed by atoms with van der Waals surface area (Å²) in [5.41, 5.74) is 0. The largest absolute Gasteiger partial charge is 0.108 e. The molecule has 1 fully saturated rings. The van der Waals surface area contributed by atoms with Crippen molar-refractivity contribution in [1.82, 2.24) is 0 Å². The molecule has 0 aromatic carbocycles. The van der Waals surface area contributed by atoms with Gasteiger partial charge >= 0.3 is 0 Å². The Bertz CT molecular complexity index is 162. The fourth-order valence-corrected chi connectivity index (χ4v) is 13.3. The van der Waals surface area contributed by atoms with Crippen LogP contribution in [0, 0.1) is 0 Å². The summed E-state index contributed by atoms with van der Waals surface area (Å²) in [6.07, 6.45) is 1.48. The molecule has 0 aliphatic carbocycles. The third kappa shape index (κ3) is 1.67. The van der Waals surface area contributed by atoms with Gasteiger partial charge in [0.05, 0.1) is 16.1 Å². The van der Waals surface area contributed by atoms with Crippen LogP contribution >= 0.6 is 0 Å². The van der Waals surface area contributed by atoms with Gasteiger partial charge in [-0.25, -0.2) is 0 Å². The van der Waals surface area contributed by atoms with Crippen molar-refractivity contribution in [1.29, 1.82) is 0 Å². The van der Waals surface area contributed by atoms with E-state index in [1.165, 1.54) is 18.5 Å². The van der Waals surface area contributed by atoms with Gasteiger partial charge < -0.3 is 0 Å². The summed E-state index contributed by atoms with van der Waals surface area (Å²) in [5, 5.41) is 0. The minimum atomic E-state index is -0.962. The van der Waals surface area contributed by atoms with Crippen LogP contribution in [0.25, 0.3) is 0 Å². The normalized spacial score (nSPS) is 28.5. The highest BCUT2D eigenvalue weighted by molar-refractivity contribution is 7.06. The first-order valence-electron chi connectivity index (χ1n) is 4.56. The Morgan fingerprint density at radius 2 is 1.36 bits per heavy atom. The highest BCUT2D eigenvalue weighted by Crippen LogP contribution is 2.37. The van der Waals surface area contributed by atoms with E-state index in [1.54, 1.807) is 4.82 Å². The van der Waals surface area contributed by atoms with Crippen LogP contribution in [0.2, 0.25) is 38.3 Å². The maximum atomic E-state index is 4.34. The van der Waals surface area contributed by atoms with Crippen molar-refractivity contribution in [3.8, 4) is 0 Å². The summed E-state index contributed by atoms with van der Waals surface area (Å²) in [5.74, 6) is 0. The molecule has 0 N–H and O–H groups in total. The Morgan fingerprint density at radius 3 is 1.64 bits per heavy atom. The average Bonchev–Trinajstić information content (AvgIpc) is 1.82. The Kier molecular flexibility index (Phi) is 2.18. The Labute approximate surface area is 72.7 Å². The molecule has 0 aromatic heterocycles. The summed E-state index contributed by atoms with van der Waals surface area (Å²) in [6.45, 7) is 14.3. The SMILES string of the molecule is C=C1[Si](C)(C)CCC[Si]1(C)C. The number of hydrogen-bond donors (Lipinski definition) is 0. The van der Waals surface area contributed by atoms with Crippen LogP contribution in [-0.2, 0) is 0 Å². The molecule has 2 heteroatoms. The van der Waals surface area contributed by atoms with Gasteiger partial charge in [0, 0.05) is 0 Å². The van der Waals surface area contributed by atoms with Gasteiger partial charge in [0.2, 0.25) is 0 Å². The maximum absolute atomic E-state index is 4.34. The lowest BCUT2D eigenvalue weighted by Crippen LogP contribution is -2.47. The van der Waals surface area contributed by atoms with Gasteiger partial charge in [-0.15, -0.1) is 6.58 Å². The lowest BCUT2D eigenvalue weighted by Gasteiger charge is -2.40. The number of hydrogen-bond acceptors (Lipinski definition) is 0. The molecule has 64 valence electrons. The Hall–Kier alpha value is 0.174. The van der Waals surface area contributed by atoms with E-state index in [0.29, 0.717) is 0 Å². The molecule has 0 saturated carbocycles. The monoisotopic (exact) mass is 184 g/mol. The third-order valence-electron chi connectivity index (χ3n) is 3.24. The first-order chi connectivity index (χ1) is 4.86. The van der Waals surface area contributed by atoms with Crippen LogP contribution in [-0.4, -0.2) is 16.1 Å². The molecule has 0 bridgehead atoms. The smallest absolute Gasteiger partial charge is 0.0704 e. The molecule has 11 heavy (non-hydrogen) atoms. The van der Waals surface area contributed by atoms with Crippen molar-refractivity contribution in [2.75, 3.05) is 0 Å². The van der Waals surface area contributed by atoms with E-state index in [-0.39, 0.29) is 0 Å². The van der Waals surface area contributed by atoms with Gasteiger partial charge in [0.15, 0.2) is 0 Å². The fourth-order valence-electron chi connectivity index (χ4n) is 2.19. The molecule has 1 aliphatic rings. The van der Waals surface area contributed by atoms with Gasteiger partial charge in [-0.3, -0.25) is 0 Å². The van der Waals surface area contributed by atoms with Gasteiger partial charge in [0.25, 0.3) is 0 Å². The highest BCUT2D eigenvalue weighted by atomic mass is 28.4. The van der Waals surface area contributed by atoms with E-state index >= 15 is 0 Å². The van der Waals surface area contributed by atoms with E-state index in [4.69, 9.17) is 0 Å². The zero-order chi connectivity index (χ0) is 8.70. The summed E-state index contributed by atoms with van der Waals surface area (Å²) in [7, 11) is -1.92. The van der Waals surface area contributed by atoms with Crippen molar-refractivity contribution >= 4 is 16.1 Å². The van der Waals surface area contributed by atoms with E-state index < -0.39 is 16.1 Å². The zero-order valence-electron chi connectivity index (χ0n) is 8.33. The van der Waals surface area contributed by atoms with Gasteiger partial charge in [-0.2, -0.15) is 0 Å².